The first-order chi connectivity index (χ1) is 10.2. The number of hydrogen-bond acceptors (Lipinski definition) is 5. The zero-order valence-corrected chi connectivity index (χ0v) is 12.4. The van der Waals surface area contributed by atoms with Gasteiger partial charge in [-0.15, -0.1) is 0 Å². The summed E-state index contributed by atoms with van der Waals surface area (Å²) < 4.78 is 5.14. The molecule has 6 heteroatoms. The van der Waals surface area contributed by atoms with Crippen molar-refractivity contribution in [2.45, 2.75) is 6.54 Å². The summed E-state index contributed by atoms with van der Waals surface area (Å²) in [7, 11) is 1.65. The Morgan fingerprint density at radius 2 is 2.24 bits per heavy atom. The van der Waals surface area contributed by atoms with Crippen LogP contribution in [-0.2, 0) is 11.3 Å². The summed E-state index contributed by atoms with van der Waals surface area (Å²) in [6, 6.07) is 9.37. The Morgan fingerprint density at radius 1 is 1.38 bits per heavy atom. The maximum absolute atomic E-state index is 9.04. The van der Waals surface area contributed by atoms with Crippen molar-refractivity contribution in [1.82, 2.24) is 9.97 Å². The minimum absolute atomic E-state index is 0.225. The average Bonchev–Trinajstić information content (AvgIpc) is 2.53. The normalized spacial score (nSPS) is 10.1. The number of ether oxygens (including phenoxy) is 1. The molecule has 0 aliphatic rings. The summed E-state index contributed by atoms with van der Waals surface area (Å²) in [5, 5.41) is 9.40. The Labute approximate surface area is 128 Å². The topological polar surface area (TPSA) is 62.0 Å². The molecule has 0 saturated carbocycles. The van der Waals surface area contributed by atoms with E-state index in [9.17, 15) is 0 Å². The molecule has 0 saturated heterocycles. The van der Waals surface area contributed by atoms with Crippen LogP contribution in [0.1, 0.15) is 11.3 Å². The van der Waals surface area contributed by atoms with Crippen LogP contribution in [-0.4, -0.2) is 30.2 Å². The average molecular weight is 303 g/mol. The molecular formula is C15H15ClN4O. The van der Waals surface area contributed by atoms with Gasteiger partial charge in [-0.2, -0.15) is 5.26 Å². The first-order valence-corrected chi connectivity index (χ1v) is 6.82. The number of nitrogens with zero attached hydrogens (tertiary/aromatic N) is 4. The van der Waals surface area contributed by atoms with Crippen LogP contribution in [0.3, 0.4) is 0 Å². The van der Waals surface area contributed by atoms with E-state index < -0.39 is 0 Å². The maximum atomic E-state index is 9.04. The van der Waals surface area contributed by atoms with Gasteiger partial charge in [0.1, 0.15) is 11.9 Å². The van der Waals surface area contributed by atoms with Gasteiger partial charge in [0.2, 0.25) is 0 Å². The van der Waals surface area contributed by atoms with Crippen LogP contribution in [0.5, 0.6) is 0 Å². The molecule has 0 amide bonds. The maximum Gasteiger partial charge on any atom is 0.161 e. The van der Waals surface area contributed by atoms with Gasteiger partial charge < -0.3 is 9.64 Å². The predicted octanol–water partition coefficient (Wildman–Crippen LogP) is 2.65. The number of aromatic nitrogens is 2. The summed E-state index contributed by atoms with van der Waals surface area (Å²) >= 11 is 5.93. The zero-order valence-electron chi connectivity index (χ0n) is 11.7. The molecule has 0 spiro atoms. The van der Waals surface area contributed by atoms with Crippen molar-refractivity contribution in [2.24, 2.45) is 0 Å². The van der Waals surface area contributed by atoms with Gasteiger partial charge >= 0.3 is 0 Å². The monoisotopic (exact) mass is 302 g/mol. The Morgan fingerprint density at radius 3 is 2.90 bits per heavy atom. The molecule has 0 fully saturated rings. The highest BCUT2D eigenvalue weighted by Gasteiger charge is 2.11. The smallest absolute Gasteiger partial charge is 0.161 e. The highest BCUT2D eigenvalue weighted by molar-refractivity contribution is 6.31. The van der Waals surface area contributed by atoms with E-state index in [2.05, 4.69) is 9.97 Å². The van der Waals surface area contributed by atoms with Gasteiger partial charge in [-0.25, -0.2) is 4.98 Å². The lowest BCUT2D eigenvalue weighted by molar-refractivity contribution is 0.205. The molecule has 0 unspecified atom stereocenters. The number of hydrogen-bond donors (Lipinski definition) is 0. The Hall–Kier alpha value is -2.16. The summed E-state index contributed by atoms with van der Waals surface area (Å²) in [4.78, 5) is 10.4. The van der Waals surface area contributed by atoms with E-state index in [0.717, 1.165) is 5.56 Å². The molecule has 0 radical (unpaired) electrons. The molecule has 0 aliphatic heterocycles. The van der Waals surface area contributed by atoms with Crippen LogP contribution in [0.2, 0.25) is 5.02 Å². The van der Waals surface area contributed by atoms with Gasteiger partial charge in [0.05, 0.1) is 11.6 Å². The van der Waals surface area contributed by atoms with Gasteiger partial charge in [-0.3, -0.25) is 4.98 Å². The molecule has 2 heterocycles. The molecule has 0 N–H and O–H groups in total. The fraction of sp³-hybridized carbons (Fsp3) is 0.267. The fourth-order valence-electron chi connectivity index (χ4n) is 1.87. The van der Waals surface area contributed by atoms with E-state index in [-0.39, 0.29) is 5.69 Å². The lowest BCUT2D eigenvalue weighted by Gasteiger charge is -2.23. The highest BCUT2D eigenvalue weighted by atomic mass is 35.5. The Bertz CT molecular complexity index is 627. The van der Waals surface area contributed by atoms with Crippen molar-refractivity contribution in [3.8, 4) is 6.07 Å². The largest absolute Gasteiger partial charge is 0.383 e. The second-order valence-electron chi connectivity index (χ2n) is 4.39. The van der Waals surface area contributed by atoms with Crippen molar-refractivity contribution in [1.29, 1.82) is 5.26 Å². The number of nitriles is 1. The quantitative estimate of drug-likeness (QED) is 0.821. The number of rotatable bonds is 6. The number of methoxy groups -OCH3 is 1. The molecule has 0 aliphatic carbocycles. The van der Waals surface area contributed by atoms with Gasteiger partial charge in [0.15, 0.2) is 5.69 Å². The molecule has 0 aromatic carbocycles. The van der Waals surface area contributed by atoms with Gasteiger partial charge in [-0.05, 0) is 23.8 Å². The molecule has 0 atom stereocenters. The molecule has 2 aromatic rings. The van der Waals surface area contributed by atoms with Crippen LogP contribution in [0, 0.1) is 11.3 Å². The number of halogens is 1. The Kier molecular flexibility index (Phi) is 5.50. The third kappa shape index (κ3) is 4.15. The van der Waals surface area contributed by atoms with Gasteiger partial charge in [-0.1, -0.05) is 17.7 Å². The molecule has 108 valence electrons. The van der Waals surface area contributed by atoms with Crippen molar-refractivity contribution in [3.63, 3.8) is 0 Å². The van der Waals surface area contributed by atoms with Crippen LogP contribution < -0.4 is 4.90 Å². The standard InChI is InChI=1S/C15H15ClN4O/c1-21-8-7-20(11-12-3-2-6-18-10-12)15-5-4-13(16)14(9-17)19-15/h2-6,10H,7-8,11H2,1H3. The summed E-state index contributed by atoms with van der Waals surface area (Å²) in [6.45, 7) is 1.86. The van der Waals surface area contributed by atoms with Crippen molar-refractivity contribution < 1.29 is 4.74 Å². The third-order valence-electron chi connectivity index (χ3n) is 2.92. The molecular weight excluding hydrogens is 288 g/mol. The molecule has 2 aromatic heterocycles. The minimum Gasteiger partial charge on any atom is -0.383 e. The summed E-state index contributed by atoms with van der Waals surface area (Å²) in [6.07, 6.45) is 3.54. The zero-order chi connectivity index (χ0) is 15.1. The SMILES string of the molecule is COCCN(Cc1cccnc1)c1ccc(Cl)c(C#N)n1. The van der Waals surface area contributed by atoms with E-state index in [1.54, 1.807) is 31.6 Å². The van der Waals surface area contributed by atoms with Crippen LogP contribution >= 0.6 is 11.6 Å². The number of pyridine rings is 2. The second kappa shape index (κ2) is 7.58. The van der Waals surface area contributed by atoms with Crippen molar-refractivity contribution in [3.05, 3.63) is 52.9 Å². The van der Waals surface area contributed by atoms with Gasteiger partial charge in [0.25, 0.3) is 0 Å². The molecule has 2 rings (SSSR count). The summed E-state index contributed by atoms with van der Waals surface area (Å²) in [5.41, 5.74) is 1.28. The van der Waals surface area contributed by atoms with Crippen molar-refractivity contribution >= 4 is 17.4 Å². The molecule has 5 nitrogen and oxygen atoms in total. The van der Waals surface area contributed by atoms with E-state index in [0.29, 0.717) is 30.5 Å². The second-order valence-corrected chi connectivity index (χ2v) is 4.79. The number of anilines is 1. The fourth-order valence-corrected chi connectivity index (χ4v) is 2.02. The van der Waals surface area contributed by atoms with E-state index in [4.69, 9.17) is 21.6 Å². The highest BCUT2D eigenvalue weighted by Crippen LogP contribution is 2.20. The van der Waals surface area contributed by atoms with E-state index >= 15 is 0 Å². The van der Waals surface area contributed by atoms with Crippen LogP contribution in [0.25, 0.3) is 0 Å². The van der Waals surface area contributed by atoms with E-state index in [1.807, 2.05) is 23.1 Å². The molecule has 21 heavy (non-hydrogen) atoms. The van der Waals surface area contributed by atoms with Crippen LogP contribution in [0.15, 0.2) is 36.7 Å². The van der Waals surface area contributed by atoms with Gasteiger partial charge in [0, 0.05) is 32.6 Å². The Balaban J connectivity index is 2.25. The van der Waals surface area contributed by atoms with Crippen molar-refractivity contribution in [2.75, 3.05) is 25.2 Å². The lowest BCUT2D eigenvalue weighted by atomic mass is 10.2. The summed E-state index contributed by atoms with van der Waals surface area (Å²) in [5.74, 6) is 0.692. The lowest BCUT2D eigenvalue weighted by Crippen LogP contribution is -2.27. The van der Waals surface area contributed by atoms with E-state index in [1.165, 1.54) is 0 Å². The molecule has 0 bridgehead atoms. The van der Waals surface area contributed by atoms with Crippen LogP contribution in [0.4, 0.5) is 5.82 Å². The predicted molar refractivity (Wildman–Crippen MR) is 81.1 cm³/mol. The minimum atomic E-state index is 0.225. The third-order valence-corrected chi connectivity index (χ3v) is 3.23. The first-order valence-electron chi connectivity index (χ1n) is 6.44. The first kappa shape index (κ1) is 15.2.